The summed E-state index contributed by atoms with van der Waals surface area (Å²) in [4.78, 5) is 2.75. The summed E-state index contributed by atoms with van der Waals surface area (Å²) in [6.45, 7) is 11.4. The molecule has 0 radical (unpaired) electrons. The smallest absolute Gasteiger partial charge is 0.0483 e. The molecule has 0 bridgehead atoms. The molecule has 0 spiro atoms. The van der Waals surface area contributed by atoms with Crippen LogP contribution in [0.15, 0.2) is 0 Å². The van der Waals surface area contributed by atoms with E-state index in [1.807, 2.05) is 0 Å². The van der Waals surface area contributed by atoms with Gasteiger partial charge in [-0.1, -0.05) is 6.92 Å². The van der Waals surface area contributed by atoms with Crippen molar-refractivity contribution in [2.24, 2.45) is 0 Å². The molecule has 2 atom stereocenters. The van der Waals surface area contributed by atoms with E-state index in [1.54, 1.807) is 0 Å². The number of piperidine rings is 1. The molecule has 2 aliphatic heterocycles. The van der Waals surface area contributed by atoms with Crippen molar-refractivity contribution in [1.29, 1.82) is 0 Å². The van der Waals surface area contributed by atoms with E-state index in [9.17, 15) is 0 Å². The van der Waals surface area contributed by atoms with Gasteiger partial charge in [0.05, 0.1) is 0 Å². The van der Waals surface area contributed by atoms with Crippen molar-refractivity contribution >= 4 is 0 Å². The van der Waals surface area contributed by atoms with Crippen LogP contribution in [0.4, 0.5) is 0 Å². The molecule has 0 amide bonds. The van der Waals surface area contributed by atoms with Crippen LogP contribution in [0.2, 0.25) is 0 Å². The molecule has 2 fully saturated rings. The van der Waals surface area contributed by atoms with Gasteiger partial charge in [0.25, 0.3) is 0 Å². The first-order valence-electron chi connectivity index (χ1n) is 7.73. The number of rotatable bonds is 4. The van der Waals surface area contributed by atoms with Crippen LogP contribution in [0.5, 0.6) is 0 Å². The van der Waals surface area contributed by atoms with Crippen LogP contribution < -0.4 is 5.32 Å². The van der Waals surface area contributed by atoms with E-state index in [0.29, 0.717) is 11.6 Å². The highest BCUT2D eigenvalue weighted by Gasteiger charge is 2.39. The molecular weight excluding hydrogens is 224 g/mol. The molecule has 0 aromatic heterocycles. The summed E-state index contributed by atoms with van der Waals surface area (Å²) < 4.78 is 5.53. The number of ether oxygens (including phenoxy) is 1. The molecule has 106 valence electrons. The third-order valence-electron chi connectivity index (χ3n) is 4.82. The molecule has 2 aliphatic rings. The molecule has 0 aliphatic carbocycles. The Morgan fingerprint density at radius 3 is 2.67 bits per heavy atom. The molecule has 0 aromatic rings. The Labute approximate surface area is 112 Å². The third-order valence-corrected chi connectivity index (χ3v) is 4.82. The van der Waals surface area contributed by atoms with E-state index in [1.165, 1.54) is 45.2 Å². The Balaban J connectivity index is 1.88. The second kappa shape index (κ2) is 6.36. The van der Waals surface area contributed by atoms with Crippen LogP contribution >= 0.6 is 0 Å². The maximum Gasteiger partial charge on any atom is 0.0483 e. The van der Waals surface area contributed by atoms with Crippen molar-refractivity contribution in [3.05, 3.63) is 0 Å². The summed E-state index contributed by atoms with van der Waals surface area (Å²) in [6.07, 6.45) is 6.25. The lowest BCUT2D eigenvalue weighted by molar-refractivity contribution is -0.0501. The highest BCUT2D eigenvalue weighted by Crippen LogP contribution is 2.33. The third kappa shape index (κ3) is 3.25. The van der Waals surface area contributed by atoms with Crippen LogP contribution in [0.3, 0.4) is 0 Å². The van der Waals surface area contributed by atoms with Crippen LogP contribution in [-0.2, 0) is 4.74 Å². The van der Waals surface area contributed by atoms with Gasteiger partial charge in [0.2, 0.25) is 0 Å². The monoisotopic (exact) mass is 254 g/mol. The highest BCUT2D eigenvalue weighted by molar-refractivity contribution is 4.95. The van der Waals surface area contributed by atoms with E-state index in [2.05, 4.69) is 31.0 Å². The fraction of sp³-hybridized carbons (Fsp3) is 1.00. The van der Waals surface area contributed by atoms with Crippen LogP contribution in [0.1, 0.15) is 52.9 Å². The lowest BCUT2D eigenvalue weighted by Crippen LogP contribution is -2.58. The van der Waals surface area contributed by atoms with E-state index < -0.39 is 0 Å². The molecular formula is C15H30N2O. The summed E-state index contributed by atoms with van der Waals surface area (Å²) in [5.41, 5.74) is 0.382. The zero-order chi connectivity index (χ0) is 13.0. The number of hydrogen-bond acceptors (Lipinski definition) is 3. The molecule has 3 heteroatoms. The number of nitrogens with one attached hydrogen (secondary N) is 1. The molecule has 2 saturated heterocycles. The molecule has 2 heterocycles. The van der Waals surface area contributed by atoms with Gasteiger partial charge < -0.3 is 10.1 Å². The molecule has 18 heavy (non-hydrogen) atoms. The highest BCUT2D eigenvalue weighted by atomic mass is 16.5. The van der Waals surface area contributed by atoms with Crippen molar-refractivity contribution in [2.75, 3.05) is 26.3 Å². The Morgan fingerprint density at radius 1 is 1.33 bits per heavy atom. The fourth-order valence-corrected chi connectivity index (χ4v) is 3.61. The van der Waals surface area contributed by atoms with Crippen molar-refractivity contribution < 1.29 is 4.74 Å². The van der Waals surface area contributed by atoms with Gasteiger partial charge in [0.1, 0.15) is 0 Å². The van der Waals surface area contributed by atoms with Crippen molar-refractivity contribution in [1.82, 2.24) is 10.2 Å². The number of likely N-dealkylation sites (tertiary alicyclic amines) is 1. The topological polar surface area (TPSA) is 24.5 Å². The number of nitrogens with zero attached hydrogens (tertiary/aromatic N) is 1. The lowest BCUT2D eigenvalue weighted by Gasteiger charge is -2.50. The fourth-order valence-electron chi connectivity index (χ4n) is 3.61. The van der Waals surface area contributed by atoms with Crippen molar-refractivity contribution in [2.45, 2.75) is 70.5 Å². The summed E-state index contributed by atoms with van der Waals surface area (Å²) >= 11 is 0. The quantitative estimate of drug-likeness (QED) is 0.834. The first-order chi connectivity index (χ1) is 8.65. The minimum absolute atomic E-state index is 0.382. The zero-order valence-electron chi connectivity index (χ0n) is 12.4. The van der Waals surface area contributed by atoms with Crippen molar-refractivity contribution in [3.8, 4) is 0 Å². The molecule has 3 nitrogen and oxygen atoms in total. The van der Waals surface area contributed by atoms with Gasteiger partial charge in [-0.15, -0.1) is 0 Å². The van der Waals surface area contributed by atoms with E-state index in [0.717, 1.165) is 19.3 Å². The Kier molecular flexibility index (Phi) is 5.05. The van der Waals surface area contributed by atoms with E-state index >= 15 is 0 Å². The van der Waals surface area contributed by atoms with Crippen LogP contribution in [0, 0.1) is 0 Å². The summed E-state index contributed by atoms with van der Waals surface area (Å²) in [6, 6.07) is 1.44. The van der Waals surface area contributed by atoms with Gasteiger partial charge in [0, 0.05) is 37.4 Å². The SMILES string of the molecule is CCCNC1CCN(C2(C)CCOCC2)C(C)C1. The van der Waals surface area contributed by atoms with Crippen molar-refractivity contribution in [3.63, 3.8) is 0 Å². The number of hydrogen-bond donors (Lipinski definition) is 1. The standard InChI is InChI=1S/C15H30N2O/c1-4-8-16-14-5-9-17(13(2)12-14)15(3)6-10-18-11-7-15/h13-14,16H,4-12H2,1-3H3. The first-order valence-corrected chi connectivity index (χ1v) is 7.73. The Bertz CT molecular complexity index is 251. The first kappa shape index (κ1) is 14.3. The normalized spacial score (nSPS) is 33.5. The van der Waals surface area contributed by atoms with Gasteiger partial charge in [0.15, 0.2) is 0 Å². The van der Waals surface area contributed by atoms with Gasteiger partial charge >= 0.3 is 0 Å². The second-order valence-electron chi connectivity index (χ2n) is 6.33. The molecule has 2 rings (SSSR count). The summed E-state index contributed by atoms with van der Waals surface area (Å²) in [5.74, 6) is 0. The van der Waals surface area contributed by atoms with Gasteiger partial charge in [-0.3, -0.25) is 4.90 Å². The van der Waals surface area contributed by atoms with Gasteiger partial charge in [-0.2, -0.15) is 0 Å². The Morgan fingerprint density at radius 2 is 2.06 bits per heavy atom. The predicted molar refractivity (Wildman–Crippen MR) is 75.9 cm³/mol. The van der Waals surface area contributed by atoms with Gasteiger partial charge in [-0.05, 0) is 52.5 Å². The Hall–Kier alpha value is -0.120. The summed E-state index contributed by atoms with van der Waals surface area (Å²) in [5, 5.41) is 3.69. The van der Waals surface area contributed by atoms with Crippen LogP contribution in [0.25, 0.3) is 0 Å². The maximum atomic E-state index is 5.53. The lowest BCUT2D eigenvalue weighted by atomic mass is 9.85. The van der Waals surface area contributed by atoms with E-state index in [4.69, 9.17) is 4.74 Å². The average molecular weight is 254 g/mol. The molecule has 0 aromatic carbocycles. The predicted octanol–water partition coefficient (Wildman–Crippen LogP) is 2.41. The average Bonchev–Trinajstić information content (AvgIpc) is 2.37. The minimum atomic E-state index is 0.382. The summed E-state index contributed by atoms with van der Waals surface area (Å²) in [7, 11) is 0. The molecule has 1 N–H and O–H groups in total. The van der Waals surface area contributed by atoms with E-state index in [-0.39, 0.29) is 0 Å². The largest absolute Gasteiger partial charge is 0.381 e. The van der Waals surface area contributed by atoms with Gasteiger partial charge in [-0.25, -0.2) is 0 Å². The zero-order valence-corrected chi connectivity index (χ0v) is 12.4. The maximum absolute atomic E-state index is 5.53. The second-order valence-corrected chi connectivity index (χ2v) is 6.33. The molecule has 0 saturated carbocycles. The van der Waals surface area contributed by atoms with Crippen LogP contribution in [-0.4, -0.2) is 48.8 Å². The molecule has 2 unspecified atom stereocenters. The minimum Gasteiger partial charge on any atom is -0.381 e.